The Hall–Kier alpha value is -7.07. The first-order valence-corrected chi connectivity index (χ1v) is 23.1. The number of rotatable bonds is 6. The SMILES string of the molecule is C[Si]1(C)c2ccccc2-c2cccc(-c3ccccc3-n3c4ccccc4c4cc(-c5ccccc5-c5cc(-c6ccccc6)cc(-c6ccccc6)n5)ccc43)c21. The van der Waals surface area contributed by atoms with Crippen LogP contribution in [-0.4, -0.2) is 17.6 Å². The minimum atomic E-state index is -1.96. The van der Waals surface area contributed by atoms with Gasteiger partial charge in [0.1, 0.15) is 8.07 Å². The number of pyridine rings is 1. The maximum Gasteiger partial charge on any atom is 0.114 e. The molecule has 0 aliphatic carbocycles. The van der Waals surface area contributed by atoms with Gasteiger partial charge in [-0.1, -0.05) is 183 Å². The number of para-hydroxylation sites is 2. The number of aromatic nitrogens is 2. The van der Waals surface area contributed by atoms with Crippen molar-refractivity contribution in [3.05, 3.63) is 206 Å². The fourth-order valence-electron chi connectivity index (χ4n) is 9.55. The third-order valence-corrected chi connectivity index (χ3v) is 15.8. The third-order valence-electron chi connectivity index (χ3n) is 12.2. The molecule has 0 fully saturated rings. The van der Waals surface area contributed by atoms with Gasteiger partial charge in [0.05, 0.1) is 28.1 Å². The monoisotopic (exact) mass is 756 g/mol. The van der Waals surface area contributed by atoms with E-state index in [0.717, 1.165) is 33.6 Å². The van der Waals surface area contributed by atoms with Crippen LogP contribution in [0.2, 0.25) is 13.1 Å². The normalized spacial score (nSPS) is 12.8. The van der Waals surface area contributed by atoms with Gasteiger partial charge in [-0.15, -0.1) is 0 Å². The second kappa shape index (κ2) is 13.5. The summed E-state index contributed by atoms with van der Waals surface area (Å²) < 4.78 is 2.49. The van der Waals surface area contributed by atoms with E-state index in [9.17, 15) is 0 Å². The summed E-state index contributed by atoms with van der Waals surface area (Å²) in [5, 5.41) is 5.53. The van der Waals surface area contributed by atoms with E-state index in [1.54, 1.807) is 0 Å². The van der Waals surface area contributed by atoms with E-state index in [1.807, 2.05) is 0 Å². The van der Waals surface area contributed by atoms with Crippen LogP contribution in [0.15, 0.2) is 206 Å². The van der Waals surface area contributed by atoms with E-state index in [1.165, 1.54) is 71.2 Å². The van der Waals surface area contributed by atoms with Gasteiger partial charge >= 0.3 is 0 Å². The number of fused-ring (bicyclic) bond motifs is 6. The summed E-state index contributed by atoms with van der Waals surface area (Å²) in [6, 6.07) is 75.2. The Balaban J connectivity index is 1.09. The summed E-state index contributed by atoms with van der Waals surface area (Å²) >= 11 is 0. The first-order valence-electron chi connectivity index (χ1n) is 20.1. The Morgan fingerprint density at radius 1 is 0.362 bits per heavy atom. The minimum absolute atomic E-state index is 0.955. The van der Waals surface area contributed by atoms with E-state index in [-0.39, 0.29) is 0 Å². The van der Waals surface area contributed by atoms with Gasteiger partial charge in [-0.05, 0) is 85.7 Å². The lowest BCUT2D eigenvalue weighted by Gasteiger charge is -2.24. The number of benzene rings is 8. The van der Waals surface area contributed by atoms with E-state index in [0.29, 0.717) is 0 Å². The first kappa shape index (κ1) is 34.2. The number of nitrogens with zero attached hydrogens (tertiary/aromatic N) is 2. The van der Waals surface area contributed by atoms with Crippen LogP contribution < -0.4 is 10.4 Å². The van der Waals surface area contributed by atoms with Crippen LogP contribution in [0, 0.1) is 0 Å². The highest BCUT2D eigenvalue weighted by atomic mass is 28.3. The molecule has 0 unspecified atom stereocenters. The molecule has 1 aliphatic heterocycles. The quantitative estimate of drug-likeness (QED) is 0.155. The molecule has 2 nitrogen and oxygen atoms in total. The molecular formula is C55H40N2Si. The molecular weight excluding hydrogens is 717 g/mol. The van der Waals surface area contributed by atoms with Crippen molar-refractivity contribution >= 4 is 40.3 Å². The van der Waals surface area contributed by atoms with Crippen LogP contribution in [0.5, 0.6) is 0 Å². The Morgan fingerprint density at radius 3 is 1.72 bits per heavy atom. The second-order valence-corrected chi connectivity index (χ2v) is 20.2. The highest BCUT2D eigenvalue weighted by Gasteiger charge is 2.39. The molecule has 58 heavy (non-hydrogen) atoms. The van der Waals surface area contributed by atoms with Crippen molar-refractivity contribution in [3.8, 4) is 72.7 Å². The molecule has 1 aliphatic rings. The summed E-state index contributed by atoms with van der Waals surface area (Å²) in [6.45, 7) is 5.03. The molecule has 0 saturated carbocycles. The molecule has 8 aromatic carbocycles. The molecule has 0 N–H and O–H groups in total. The van der Waals surface area contributed by atoms with Gasteiger partial charge in [0.15, 0.2) is 0 Å². The molecule has 3 heterocycles. The van der Waals surface area contributed by atoms with Gasteiger partial charge in [0.2, 0.25) is 0 Å². The Bertz CT molecular complexity index is 3140. The topological polar surface area (TPSA) is 17.8 Å². The number of hydrogen-bond donors (Lipinski definition) is 0. The van der Waals surface area contributed by atoms with Crippen LogP contribution >= 0.6 is 0 Å². The van der Waals surface area contributed by atoms with Gasteiger partial charge in [0.25, 0.3) is 0 Å². The maximum absolute atomic E-state index is 5.33. The molecule has 0 saturated heterocycles. The summed E-state index contributed by atoms with van der Waals surface area (Å²) in [7, 11) is -1.96. The van der Waals surface area contributed by atoms with Crippen LogP contribution in [0.25, 0.3) is 94.5 Å². The Kier molecular flexibility index (Phi) is 7.99. The van der Waals surface area contributed by atoms with Crippen LogP contribution in [0.4, 0.5) is 0 Å². The van der Waals surface area contributed by atoms with E-state index in [2.05, 4.69) is 224 Å². The zero-order chi connectivity index (χ0) is 38.8. The van der Waals surface area contributed by atoms with E-state index in [4.69, 9.17) is 4.98 Å². The molecule has 0 amide bonds. The molecule has 0 radical (unpaired) electrons. The van der Waals surface area contributed by atoms with Crippen LogP contribution in [0.1, 0.15) is 0 Å². The fourth-order valence-corrected chi connectivity index (χ4v) is 13.0. The lowest BCUT2D eigenvalue weighted by molar-refractivity contribution is 1.18. The van der Waals surface area contributed by atoms with E-state index < -0.39 is 8.07 Å². The summed E-state index contributed by atoms with van der Waals surface area (Å²) in [5.41, 5.74) is 17.8. The van der Waals surface area contributed by atoms with Gasteiger partial charge in [0, 0.05) is 27.5 Å². The molecule has 274 valence electrons. The Morgan fingerprint density at radius 2 is 0.931 bits per heavy atom. The summed E-state index contributed by atoms with van der Waals surface area (Å²) in [6.07, 6.45) is 0. The minimum Gasteiger partial charge on any atom is -0.309 e. The molecule has 0 spiro atoms. The van der Waals surface area contributed by atoms with Crippen molar-refractivity contribution in [2.45, 2.75) is 13.1 Å². The standard InChI is InChI=1S/C55H40N2Si/c1-58(2)54-31-16-13-26-45(54)47-28-17-27-46(55(47)58)43-24-11-14-29-51(43)57-52-30-15-12-25-44(52)48-34-39(32-33-53(48)57)41-22-9-10-23-42(41)50-36-40(37-18-5-3-6-19-37)35-49(56-50)38-20-7-4-8-21-38/h3-36H,1-2H3. The molecule has 0 atom stereocenters. The summed E-state index contributed by atoms with van der Waals surface area (Å²) in [5.74, 6) is 0. The predicted octanol–water partition coefficient (Wildman–Crippen LogP) is 13.3. The van der Waals surface area contributed by atoms with Crippen molar-refractivity contribution in [2.24, 2.45) is 0 Å². The van der Waals surface area contributed by atoms with Gasteiger partial charge < -0.3 is 4.57 Å². The fraction of sp³-hybridized carbons (Fsp3) is 0.0364. The maximum atomic E-state index is 5.33. The average molecular weight is 757 g/mol. The summed E-state index contributed by atoms with van der Waals surface area (Å²) in [4.78, 5) is 5.33. The lowest BCUT2D eigenvalue weighted by Crippen LogP contribution is -2.50. The van der Waals surface area contributed by atoms with Crippen molar-refractivity contribution in [3.63, 3.8) is 0 Å². The van der Waals surface area contributed by atoms with Crippen molar-refractivity contribution in [1.29, 1.82) is 0 Å². The number of hydrogen-bond acceptors (Lipinski definition) is 1. The predicted molar refractivity (Wildman–Crippen MR) is 248 cm³/mol. The largest absolute Gasteiger partial charge is 0.309 e. The molecule has 2 aromatic heterocycles. The zero-order valence-corrected chi connectivity index (χ0v) is 33.5. The zero-order valence-electron chi connectivity index (χ0n) is 32.5. The van der Waals surface area contributed by atoms with Gasteiger partial charge in [-0.2, -0.15) is 0 Å². The lowest BCUT2D eigenvalue weighted by atomic mass is 9.94. The third kappa shape index (κ3) is 5.43. The first-order chi connectivity index (χ1) is 28.5. The van der Waals surface area contributed by atoms with Crippen LogP contribution in [-0.2, 0) is 0 Å². The van der Waals surface area contributed by atoms with E-state index >= 15 is 0 Å². The molecule has 0 bridgehead atoms. The Labute approximate surface area is 340 Å². The van der Waals surface area contributed by atoms with Crippen molar-refractivity contribution < 1.29 is 0 Å². The molecule has 11 rings (SSSR count). The van der Waals surface area contributed by atoms with Crippen molar-refractivity contribution in [2.75, 3.05) is 0 Å². The van der Waals surface area contributed by atoms with Gasteiger partial charge in [-0.25, -0.2) is 4.98 Å². The highest BCUT2D eigenvalue weighted by Crippen LogP contribution is 2.42. The van der Waals surface area contributed by atoms with Gasteiger partial charge in [-0.3, -0.25) is 0 Å². The second-order valence-electron chi connectivity index (χ2n) is 15.9. The van der Waals surface area contributed by atoms with Crippen LogP contribution in [0.3, 0.4) is 0 Å². The molecule has 10 aromatic rings. The molecule has 3 heteroatoms. The van der Waals surface area contributed by atoms with Crippen molar-refractivity contribution in [1.82, 2.24) is 9.55 Å². The highest BCUT2D eigenvalue weighted by molar-refractivity contribution is 7.04. The smallest absolute Gasteiger partial charge is 0.114 e. The average Bonchev–Trinajstić information content (AvgIpc) is 3.74.